The van der Waals surface area contributed by atoms with Gasteiger partial charge in [0, 0.05) is 11.6 Å². The average Bonchev–Trinajstić information content (AvgIpc) is 2.46. The van der Waals surface area contributed by atoms with Crippen molar-refractivity contribution in [2.45, 2.75) is 20.3 Å². The first-order valence-electron chi connectivity index (χ1n) is 6.73. The van der Waals surface area contributed by atoms with E-state index in [0.29, 0.717) is 0 Å². The van der Waals surface area contributed by atoms with Crippen molar-refractivity contribution < 1.29 is 4.39 Å². The third-order valence-electron chi connectivity index (χ3n) is 3.75. The van der Waals surface area contributed by atoms with Crippen molar-refractivity contribution in [1.29, 1.82) is 0 Å². The summed E-state index contributed by atoms with van der Waals surface area (Å²) in [6.45, 7) is 4.20. The Morgan fingerprint density at radius 3 is 2.45 bits per heavy atom. The Labute approximate surface area is 118 Å². The number of pyridine rings is 1. The Bertz CT molecular complexity index is 760. The van der Waals surface area contributed by atoms with Crippen molar-refractivity contribution in [2.24, 2.45) is 0 Å². The fourth-order valence-electron chi connectivity index (χ4n) is 2.43. The molecular weight excluding hydrogens is 249 g/mol. The topological polar surface area (TPSA) is 12.9 Å². The number of nitrogens with zero attached hydrogens (tertiary/aromatic N) is 1. The van der Waals surface area contributed by atoms with Crippen molar-refractivity contribution in [3.8, 4) is 0 Å². The second-order valence-corrected chi connectivity index (χ2v) is 5.23. The molecule has 2 aromatic carbocycles. The fourth-order valence-corrected chi connectivity index (χ4v) is 2.43. The maximum atomic E-state index is 12.9. The molecule has 0 radical (unpaired) electrons. The van der Waals surface area contributed by atoms with Gasteiger partial charge in [0.15, 0.2) is 0 Å². The fraction of sp³-hybridized carbons (Fsp3) is 0.167. The maximum Gasteiger partial charge on any atom is 0.123 e. The lowest BCUT2D eigenvalue weighted by atomic mass is 10.0. The van der Waals surface area contributed by atoms with Gasteiger partial charge in [-0.1, -0.05) is 24.3 Å². The van der Waals surface area contributed by atoms with Gasteiger partial charge in [-0.3, -0.25) is 4.98 Å². The van der Waals surface area contributed by atoms with Crippen LogP contribution >= 0.6 is 0 Å². The van der Waals surface area contributed by atoms with Crippen molar-refractivity contribution in [2.75, 3.05) is 0 Å². The van der Waals surface area contributed by atoms with E-state index in [1.165, 1.54) is 23.3 Å². The molecule has 3 aromatic rings. The minimum absolute atomic E-state index is 0.198. The molecule has 0 saturated carbocycles. The van der Waals surface area contributed by atoms with Gasteiger partial charge >= 0.3 is 0 Å². The van der Waals surface area contributed by atoms with E-state index in [2.05, 4.69) is 37.0 Å². The highest BCUT2D eigenvalue weighted by Crippen LogP contribution is 2.21. The molecule has 0 aliphatic rings. The van der Waals surface area contributed by atoms with Crippen LogP contribution in [0.4, 0.5) is 4.39 Å². The molecule has 100 valence electrons. The molecule has 0 fully saturated rings. The molecule has 3 rings (SSSR count). The summed E-state index contributed by atoms with van der Waals surface area (Å²) in [5.74, 6) is -0.198. The molecule has 0 spiro atoms. The van der Waals surface area contributed by atoms with Crippen LogP contribution in [-0.4, -0.2) is 4.98 Å². The van der Waals surface area contributed by atoms with E-state index < -0.39 is 0 Å². The summed E-state index contributed by atoms with van der Waals surface area (Å²) in [5, 5.41) is 1.16. The minimum atomic E-state index is -0.198. The molecule has 0 saturated heterocycles. The number of rotatable bonds is 2. The number of fused-ring (bicyclic) bond motifs is 1. The maximum absolute atomic E-state index is 12.9. The lowest BCUT2D eigenvalue weighted by Gasteiger charge is -2.07. The zero-order valence-corrected chi connectivity index (χ0v) is 11.7. The number of hydrogen-bond donors (Lipinski definition) is 0. The molecule has 0 N–H and O–H groups in total. The first-order chi connectivity index (χ1) is 9.63. The summed E-state index contributed by atoms with van der Waals surface area (Å²) in [5.41, 5.74) is 5.80. The van der Waals surface area contributed by atoms with Crippen LogP contribution < -0.4 is 0 Å². The smallest absolute Gasteiger partial charge is 0.123 e. The predicted octanol–water partition coefficient (Wildman–Crippen LogP) is 4.58. The molecule has 1 heterocycles. The third kappa shape index (κ3) is 2.42. The van der Waals surface area contributed by atoms with Crippen molar-refractivity contribution in [1.82, 2.24) is 4.98 Å². The summed E-state index contributed by atoms with van der Waals surface area (Å²) < 4.78 is 12.9. The lowest BCUT2D eigenvalue weighted by Crippen LogP contribution is -1.93. The van der Waals surface area contributed by atoms with Crippen LogP contribution in [0.2, 0.25) is 0 Å². The zero-order chi connectivity index (χ0) is 14.1. The first-order valence-corrected chi connectivity index (χ1v) is 6.73. The number of aryl methyl sites for hydroxylation is 2. The summed E-state index contributed by atoms with van der Waals surface area (Å²) in [7, 11) is 0. The predicted molar refractivity (Wildman–Crippen MR) is 80.4 cm³/mol. The molecule has 0 aliphatic carbocycles. The van der Waals surface area contributed by atoms with Gasteiger partial charge in [0.05, 0.1) is 5.52 Å². The van der Waals surface area contributed by atoms with Gasteiger partial charge in [-0.2, -0.15) is 0 Å². The molecule has 0 amide bonds. The summed E-state index contributed by atoms with van der Waals surface area (Å²) in [6.07, 6.45) is 2.69. The Kier molecular flexibility index (Phi) is 3.23. The van der Waals surface area contributed by atoms with Crippen LogP contribution in [0.5, 0.6) is 0 Å². The molecule has 20 heavy (non-hydrogen) atoms. The SMILES string of the molecule is Cc1ccc2cc(Cc3ccc(F)cc3)cnc2c1C. The largest absolute Gasteiger partial charge is 0.256 e. The summed E-state index contributed by atoms with van der Waals surface area (Å²) in [6, 6.07) is 13.0. The highest BCUT2D eigenvalue weighted by molar-refractivity contribution is 5.83. The van der Waals surface area contributed by atoms with Gasteiger partial charge in [-0.05, 0) is 60.7 Å². The van der Waals surface area contributed by atoms with Gasteiger partial charge in [0.25, 0.3) is 0 Å². The number of aromatic nitrogens is 1. The molecular formula is C18H16FN. The first kappa shape index (κ1) is 12.8. The van der Waals surface area contributed by atoms with Gasteiger partial charge in [-0.15, -0.1) is 0 Å². The van der Waals surface area contributed by atoms with E-state index in [4.69, 9.17) is 0 Å². The molecule has 0 bridgehead atoms. The molecule has 0 unspecified atom stereocenters. The number of hydrogen-bond acceptors (Lipinski definition) is 1. The van der Waals surface area contributed by atoms with Crippen LogP contribution in [0, 0.1) is 19.7 Å². The molecule has 0 atom stereocenters. The molecule has 2 heteroatoms. The van der Waals surface area contributed by atoms with E-state index in [1.54, 1.807) is 0 Å². The van der Waals surface area contributed by atoms with Gasteiger partial charge in [-0.25, -0.2) is 4.39 Å². The highest BCUT2D eigenvalue weighted by Gasteiger charge is 2.04. The Hall–Kier alpha value is -2.22. The molecule has 1 aromatic heterocycles. The van der Waals surface area contributed by atoms with Crippen molar-refractivity contribution in [3.63, 3.8) is 0 Å². The van der Waals surface area contributed by atoms with Crippen LogP contribution in [0.25, 0.3) is 10.9 Å². The van der Waals surface area contributed by atoms with E-state index in [9.17, 15) is 4.39 Å². The minimum Gasteiger partial charge on any atom is -0.256 e. The second-order valence-electron chi connectivity index (χ2n) is 5.23. The number of halogens is 1. The molecule has 0 aliphatic heterocycles. The van der Waals surface area contributed by atoms with E-state index in [1.807, 2.05) is 18.3 Å². The average molecular weight is 265 g/mol. The summed E-state index contributed by atoms with van der Waals surface area (Å²) in [4.78, 5) is 4.58. The molecule has 1 nitrogen and oxygen atoms in total. The lowest BCUT2D eigenvalue weighted by molar-refractivity contribution is 0.627. The van der Waals surface area contributed by atoms with Crippen molar-refractivity contribution >= 4 is 10.9 Å². The van der Waals surface area contributed by atoms with E-state index in [0.717, 1.165) is 28.5 Å². The van der Waals surface area contributed by atoms with Crippen LogP contribution in [0.15, 0.2) is 48.7 Å². The quantitative estimate of drug-likeness (QED) is 0.661. The van der Waals surface area contributed by atoms with Crippen molar-refractivity contribution in [3.05, 3.63) is 76.7 Å². The number of benzene rings is 2. The van der Waals surface area contributed by atoms with Gasteiger partial charge < -0.3 is 0 Å². The van der Waals surface area contributed by atoms with Crippen LogP contribution in [-0.2, 0) is 6.42 Å². The monoisotopic (exact) mass is 265 g/mol. The van der Waals surface area contributed by atoms with Crippen LogP contribution in [0.1, 0.15) is 22.3 Å². The van der Waals surface area contributed by atoms with E-state index >= 15 is 0 Å². The van der Waals surface area contributed by atoms with Gasteiger partial charge in [0.1, 0.15) is 5.82 Å². The van der Waals surface area contributed by atoms with Crippen LogP contribution in [0.3, 0.4) is 0 Å². The Morgan fingerprint density at radius 1 is 0.950 bits per heavy atom. The van der Waals surface area contributed by atoms with E-state index in [-0.39, 0.29) is 5.82 Å². The second kappa shape index (κ2) is 5.04. The zero-order valence-electron chi connectivity index (χ0n) is 11.7. The standard InChI is InChI=1S/C18H16FN/c1-12-3-6-16-10-15(11-20-18(16)13(12)2)9-14-4-7-17(19)8-5-14/h3-8,10-11H,9H2,1-2H3. The van der Waals surface area contributed by atoms with Gasteiger partial charge in [0.2, 0.25) is 0 Å². The Morgan fingerprint density at radius 2 is 1.70 bits per heavy atom. The highest BCUT2D eigenvalue weighted by atomic mass is 19.1. The Balaban J connectivity index is 1.97. The third-order valence-corrected chi connectivity index (χ3v) is 3.75. The summed E-state index contributed by atoms with van der Waals surface area (Å²) >= 11 is 0. The normalized spacial score (nSPS) is 10.9.